The molecule has 0 radical (unpaired) electrons. The van der Waals surface area contributed by atoms with E-state index in [0.717, 1.165) is 33.8 Å². The molecule has 6 nitrogen and oxygen atoms in total. The van der Waals surface area contributed by atoms with Gasteiger partial charge in [-0.3, -0.25) is 14.2 Å². The number of amides is 1. The van der Waals surface area contributed by atoms with Crippen molar-refractivity contribution in [2.24, 2.45) is 10.2 Å². The number of aromatic nitrogens is 1. The summed E-state index contributed by atoms with van der Waals surface area (Å²) in [6.07, 6.45) is 0. The zero-order valence-corrected chi connectivity index (χ0v) is 16.2. The standard InChI is InChI=1S/C20H20N4O2S/c1-13-4-7-16(8-5-13)22-23-18-10-14(2)6-9-17(18)21-19(25)11-24-15(3)12-27-20(24)26/h4-10,12H,11H2,1-3H3,(H,21,25). The molecule has 138 valence electrons. The topological polar surface area (TPSA) is 75.8 Å². The molecular formula is C20H20N4O2S. The first-order chi connectivity index (χ1) is 12.9. The molecule has 0 bridgehead atoms. The highest BCUT2D eigenvalue weighted by molar-refractivity contribution is 7.07. The van der Waals surface area contributed by atoms with E-state index in [9.17, 15) is 9.59 Å². The van der Waals surface area contributed by atoms with Crippen LogP contribution in [0.3, 0.4) is 0 Å². The molecule has 1 N–H and O–H groups in total. The van der Waals surface area contributed by atoms with Gasteiger partial charge in [0.15, 0.2) is 0 Å². The average Bonchev–Trinajstić information content (AvgIpc) is 2.95. The molecule has 1 aromatic heterocycles. The van der Waals surface area contributed by atoms with Crippen molar-refractivity contribution in [3.63, 3.8) is 0 Å². The molecule has 0 fully saturated rings. The Bertz CT molecular complexity index is 1050. The number of hydrogen-bond acceptors (Lipinski definition) is 5. The van der Waals surface area contributed by atoms with E-state index < -0.39 is 0 Å². The summed E-state index contributed by atoms with van der Waals surface area (Å²) in [6.45, 7) is 5.73. The van der Waals surface area contributed by atoms with Crippen LogP contribution in [-0.2, 0) is 11.3 Å². The van der Waals surface area contributed by atoms with Gasteiger partial charge in [-0.2, -0.15) is 5.11 Å². The summed E-state index contributed by atoms with van der Waals surface area (Å²) >= 11 is 1.09. The maximum Gasteiger partial charge on any atom is 0.307 e. The van der Waals surface area contributed by atoms with Crippen molar-refractivity contribution >= 4 is 34.3 Å². The quantitative estimate of drug-likeness (QED) is 0.640. The molecule has 2 aromatic carbocycles. The lowest BCUT2D eigenvalue weighted by Gasteiger charge is -2.09. The minimum Gasteiger partial charge on any atom is -0.323 e. The largest absolute Gasteiger partial charge is 0.323 e. The molecular weight excluding hydrogens is 360 g/mol. The summed E-state index contributed by atoms with van der Waals surface area (Å²) in [7, 11) is 0. The zero-order valence-electron chi connectivity index (χ0n) is 15.4. The number of nitrogens with one attached hydrogen (secondary N) is 1. The van der Waals surface area contributed by atoms with E-state index in [0.29, 0.717) is 11.4 Å². The van der Waals surface area contributed by atoms with Crippen LogP contribution in [0.15, 0.2) is 62.9 Å². The number of azo groups is 1. The summed E-state index contributed by atoms with van der Waals surface area (Å²) in [5.41, 5.74) is 4.79. The average molecular weight is 380 g/mol. The van der Waals surface area contributed by atoms with Crippen LogP contribution in [0.25, 0.3) is 0 Å². The van der Waals surface area contributed by atoms with Gasteiger partial charge in [-0.1, -0.05) is 35.1 Å². The molecule has 0 saturated heterocycles. The molecule has 27 heavy (non-hydrogen) atoms. The van der Waals surface area contributed by atoms with Crippen molar-refractivity contribution in [3.05, 3.63) is 74.3 Å². The molecule has 3 rings (SSSR count). The predicted molar refractivity (Wildman–Crippen MR) is 108 cm³/mol. The van der Waals surface area contributed by atoms with Crippen molar-refractivity contribution in [3.8, 4) is 0 Å². The fourth-order valence-corrected chi connectivity index (χ4v) is 3.22. The van der Waals surface area contributed by atoms with Crippen LogP contribution in [0.2, 0.25) is 0 Å². The number of aryl methyl sites for hydroxylation is 3. The fourth-order valence-electron chi connectivity index (χ4n) is 2.48. The summed E-state index contributed by atoms with van der Waals surface area (Å²) in [4.78, 5) is 24.0. The molecule has 1 heterocycles. The van der Waals surface area contributed by atoms with Gasteiger partial charge < -0.3 is 5.32 Å². The zero-order chi connectivity index (χ0) is 19.4. The number of carbonyl (C=O) groups is 1. The second kappa shape index (κ2) is 8.09. The van der Waals surface area contributed by atoms with Crippen LogP contribution in [-0.4, -0.2) is 10.5 Å². The Hall–Kier alpha value is -3.06. The van der Waals surface area contributed by atoms with Crippen molar-refractivity contribution < 1.29 is 4.79 Å². The summed E-state index contributed by atoms with van der Waals surface area (Å²) in [5.74, 6) is -0.283. The van der Waals surface area contributed by atoms with Crippen LogP contribution in [0.5, 0.6) is 0 Å². The van der Waals surface area contributed by atoms with Gasteiger partial charge in [-0.05, 0) is 50.6 Å². The Balaban J connectivity index is 1.80. The lowest BCUT2D eigenvalue weighted by molar-refractivity contribution is -0.116. The van der Waals surface area contributed by atoms with Gasteiger partial charge in [0.2, 0.25) is 5.91 Å². The van der Waals surface area contributed by atoms with Gasteiger partial charge in [0.1, 0.15) is 12.2 Å². The molecule has 0 saturated carbocycles. The van der Waals surface area contributed by atoms with E-state index in [1.54, 1.807) is 18.4 Å². The first-order valence-corrected chi connectivity index (χ1v) is 9.34. The van der Waals surface area contributed by atoms with Crippen LogP contribution < -0.4 is 10.2 Å². The predicted octanol–water partition coefficient (Wildman–Crippen LogP) is 4.89. The maximum absolute atomic E-state index is 12.4. The fraction of sp³-hybridized carbons (Fsp3) is 0.200. The Morgan fingerprint density at radius 3 is 2.41 bits per heavy atom. The molecule has 0 unspecified atom stereocenters. The second-order valence-corrected chi connectivity index (χ2v) is 7.15. The molecule has 3 aromatic rings. The molecule has 0 aliphatic heterocycles. The van der Waals surface area contributed by atoms with Crippen LogP contribution in [0.4, 0.5) is 17.1 Å². The van der Waals surface area contributed by atoms with E-state index >= 15 is 0 Å². The molecule has 1 amide bonds. The number of anilines is 1. The Morgan fingerprint density at radius 2 is 1.74 bits per heavy atom. The van der Waals surface area contributed by atoms with Crippen molar-refractivity contribution in [2.45, 2.75) is 27.3 Å². The number of nitrogens with zero attached hydrogens (tertiary/aromatic N) is 3. The SMILES string of the molecule is Cc1ccc(N=Nc2cc(C)ccc2NC(=O)Cn2c(C)csc2=O)cc1. The number of benzene rings is 2. The maximum atomic E-state index is 12.4. The van der Waals surface area contributed by atoms with E-state index in [2.05, 4.69) is 15.5 Å². The van der Waals surface area contributed by atoms with E-state index in [1.807, 2.05) is 50.2 Å². The molecule has 7 heteroatoms. The Labute approximate surface area is 161 Å². The second-order valence-electron chi connectivity index (χ2n) is 6.33. The number of carbonyl (C=O) groups excluding carboxylic acids is 1. The molecule has 0 aliphatic rings. The van der Waals surface area contributed by atoms with Crippen molar-refractivity contribution in [1.82, 2.24) is 4.57 Å². The third kappa shape index (κ3) is 4.77. The van der Waals surface area contributed by atoms with E-state index in [1.165, 1.54) is 4.57 Å². The monoisotopic (exact) mass is 380 g/mol. The highest BCUT2D eigenvalue weighted by atomic mass is 32.1. The third-order valence-electron chi connectivity index (χ3n) is 4.01. The highest BCUT2D eigenvalue weighted by Gasteiger charge is 2.11. The van der Waals surface area contributed by atoms with Crippen LogP contribution in [0.1, 0.15) is 16.8 Å². The normalized spacial score (nSPS) is 11.1. The summed E-state index contributed by atoms with van der Waals surface area (Å²) in [6, 6.07) is 13.2. The minimum absolute atomic E-state index is 0.0312. The number of rotatable bonds is 5. The molecule has 0 atom stereocenters. The number of thiazole rings is 1. The molecule has 0 aliphatic carbocycles. The van der Waals surface area contributed by atoms with Gasteiger partial charge in [0.05, 0.1) is 11.4 Å². The van der Waals surface area contributed by atoms with E-state index in [-0.39, 0.29) is 17.3 Å². The van der Waals surface area contributed by atoms with Gasteiger partial charge in [0.25, 0.3) is 0 Å². The lowest BCUT2D eigenvalue weighted by atomic mass is 10.2. The van der Waals surface area contributed by atoms with Crippen molar-refractivity contribution in [2.75, 3.05) is 5.32 Å². The van der Waals surface area contributed by atoms with E-state index in [4.69, 9.17) is 0 Å². The smallest absolute Gasteiger partial charge is 0.307 e. The van der Waals surface area contributed by atoms with Gasteiger partial charge in [0, 0.05) is 11.1 Å². The third-order valence-corrected chi connectivity index (χ3v) is 4.89. The van der Waals surface area contributed by atoms with Crippen LogP contribution in [0, 0.1) is 20.8 Å². The van der Waals surface area contributed by atoms with Gasteiger partial charge >= 0.3 is 4.87 Å². The van der Waals surface area contributed by atoms with Gasteiger partial charge in [-0.25, -0.2) is 0 Å². The minimum atomic E-state index is -0.283. The Morgan fingerprint density at radius 1 is 1.04 bits per heavy atom. The number of hydrogen-bond donors (Lipinski definition) is 1. The first kappa shape index (κ1) is 18.7. The summed E-state index contributed by atoms with van der Waals surface area (Å²) in [5, 5.41) is 13.1. The molecule has 0 spiro atoms. The Kier molecular flexibility index (Phi) is 5.61. The lowest BCUT2D eigenvalue weighted by Crippen LogP contribution is -2.25. The first-order valence-electron chi connectivity index (χ1n) is 8.46. The summed E-state index contributed by atoms with van der Waals surface area (Å²) < 4.78 is 1.45. The highest BCUT2D eigenvalue weighted by Crippen LogP contribution is 2.28. The van der Waals surface area contributed by atoms with Crippen molar-refractivity contribution in [1.29, 1.82) is 0 Å². The van der Waals surface area contributed by atoms with Gasteiger partial charge in [-0.15, -0.1) is 5.11 Å². The van der Waals surface area contributed by atoms with Crippen LogP contribution >= 0.6 is 11.3 Å².